The van der Waals surface area contributed by atoms with Crippen molar-refractivity contribution in [1.82, 2.24) is 0 Å². The molecule has 0 fully saturated rings. The number of carbonyl (C=O) groups is 1. The number of amides is 1. The number of halogens is 1. The zero-order valence-electron chi connectivity index (χ0n) is 16.8. The Morgan fingerprint density at radius 1 is 1.00 bits per heavy atom. The average Bonchev–Trinajstić information content (AvgIpc) is 2.72. The molecule has 3 aromatic carbocycles. The van der Waals surface area contributed by atoms with Gasteiger partial charge in [0.05, 0.1) is 6.61 Å². The summed E-state index contributed by atoms with van der Waals surface area (Å²) in [7, 11) is 0. The molecule has 0 aliphatic rings. The third-order valence-corrected chi connectivity index (χ3v) is 4.96. The van der Waals surface area contributed by atoms with Gasteiger partial charge in [0.2, 0.25) is 0 Å². The van der Waals surface area contributed by atoms with E-state index in [0.29, 0.717) is 35.2 Å². The van der Waals surface area contributed by atoms with E-state index in [2.05, 4.69) is 5.32 Å². The Labute approximate surface area is 176 Å². The number of ether oxygens (including phenoxy) is 2. The zero-order valence-corrected chi connectivity index (χ0v) is 17.5. The molecule has 0 unspecified atom stereocenters. The van der Waals surface area contributed by atoms with Crippen LogP contribution in [0.3, 0.4) is 0 Å². The van der Waals surface area contributed by atoms with Gasteiger partial charge in [-0.2, -0.15) is 0 Å². The van der Waals surface area contributed by atoms with E-state index in [4.69, 9.17) is 21.1 Å². The van der Waals surface area contributed by atoms with Crippen molar-refractivity contribution in [2.75, 3.05) is 11.9 Å². The second-order valence-electron chi connectivity index (χ2n) is 6.72. The molecule has 0 saturated heterocycles. The number of anilines is 1. The van der Waals surface area contributed by atoms with E-state index >= 15 is 0 Å². The first-order valence-corrected chi connectivity index (χ1v) is 9.87. The van der Waals surface area contributed by atoms with Crippen LogP contribution in [-0.2, 0) is 6.61 Å². The van der Waals surface area contributed by atoms with Crippen molar-refractivity contribution in [3.8, 4) is 11.5 Å². The number of hydrogen-bond acceptors (Lipinski definition) is 3. The number of benzene rings is 3. The molecule has 29 heavy (non-hydrogen) atoms. The van der Waals surface area contributed by atoms with E-state index < -0.39 is 0 Å². The third-order valence-electron chi connectivity index (χ3n) is 4.55. The zero-order chi connectivity index (χ0) is 20.8. The fourth-order valence-corrected chi connectivity index (χ4v) is 3.04. The van der Waals surface area contributed by atoms with Crippen molar-refractivity contribution in [3.05, 3.63) is 87.9 Å². The van der Waals surface area contributed by atoms with Crippen LogP contribution >= 0.6 is 11.6 Å². The molecule has 4 nitrogen and oxygen atoms in total. The number of hydrogen-bond donors (Lipinski definition) is 1. The molecule has 0 saturated carbocycles. The fraction of sp³-hybridized carbons (Fsp3) is 0.208. The summed E-state index contributed by atoms with van der Waals surface area (Å²) in [5.41, 5.74) is 4.02. The van der Waals surface area contributed by atoms with Crippen LogP contribution in [0.1, 0.15) is 34.0 Å². The molecule has 1 amide bonds. The smallest absolute Gasteiger partial charge is 0.255 e. The Kier molecular flexibility index (Phi) is 6.78. The highest BCUT2D eigenvalue weighted by molar-refractivity contribution is 6.31. The Morgan fingerprint density at radius 3 is 2.48 bits per heavy atom. The van der Waals surface area contributed by atoms with Gasteiger partial charge in [0.15, 0.2) is 0 Å². The molecule has 0 aliphatic carbocycles. The average molecular weight is 410 g/mol. The summed E-state index contributed by atoms with van der Waals surface area (Å²) in [6.07, 6.45) is 0. The molecule has 0 bridgehead atoms. The Bertz CT molecular complexity index is 1000. The van der Waals surface area contributed by atoms with E-state index in [1.54, 1.807) is 24.3 Å². The van der Waals surface area contributed by atoms with Gasteiger partial charge in [-0.15, -0.1) is 0 Å². The van der Waals surface area contributed by atoms with Crippen LogP contribution in [0.15, 0.2) is 60.7 Å². The summed E-state index contributed by atoms with van der Waals surface area (Å²) in [4.78, 5) is 12.8. The number of nitrogens with one attached hydrogen (secondary N) is 1. The molecule has 0 aliphatic heterocycles. The molecule has 0 radical (unpaired) electrons. The predicted molar refractivity (Wildman–Crippen MR) is 117 cm³/mol. The van der Waals surface area contributed by atoms with Crippen molar-refractivity contribution < 1.29 is 14.3 Å². The van der Waals surface area contributed by atoms with E-state index in [1.807, 2.05) is 57.2 Å². The van der Waals surface area contributed by atoms with Gasteiger partial charge in [-0.05, 0) is 68.8 Å². The maximum atomic E-state index is 12.8. The Morgan fingerprint density at radius 2 is 1.76 bits per heavy atom. The summed E-state index contributed by atoms with van der Waals surface area (Å²) >= 11 is 6.15. The summed E-state index contributed by atoms with van der Waals surface area (Å²) in [5.74, 6) is 1.26. The van der Waals surface area contributed by atoms with E-state index in [9.17, 15) is 4.79 Å². The molecule has 1 N–H and O–H groups in total. The van der Waals surface area contributed by atoms with Crippen LogP contribution < -0.4 is 14.8 Å². The van der Waals surface area contributed by atoms with E-state index in [1.165, 1.54) is 5.56 Å². The lowest BCUT2D eigenvalue weighted by atomic mass is 10.1. The van der Waals surface area contributed by atoms with Crippen molar-refractivity contribution in [2.45, 2.75) is 27.4 Å². The van der Waals surface area contributed by atoms with Gasteiger partial charge in [-0.3, -0.25) is 4.79 Å². The molecule has 0 spiro atoms. The van der Waals surface area contributed by atoms with Gasteiger partial charge >= 0.3 is 0 Å². The van der Waals surface area contributed by atoms with Crippen molar-refractivity contribution >= 4 is 23.2 Å². The van der Waals surface area contributed by atoms with Crippen LogP contribution in [-0.4, -0.2) is 12.5 Å². The molecule has 0 aromatic heterocycles. The first kappa shape index (κ1) is 20.7. The standard InChI is InChI=1S/C24H24ClNO3/c1-4-28-23-13-10-18(24(27)26-22-7-5-6-21(25)17(22)3)14-19(23)15-29-20-11-8-16(2)9-12-20/h5-14H,4,15H2,1-3H3,(H,26,27). The molecule has 3 aromatic rings. The maximum Gasteiger partial charge on any atom is 0.255 e. The Balaban J connectivity index is 1.80. The van der Waals surface area contributed by atoms with Crippen molar-refractivity contribution in [2.24, 2.45) is 0 Å². The van der Waals surface area contributed by atoms with Crippen molar-refractivity contribution in [1.29, 1.82) is 0 Å². The quantitative estimate of drug-likeness (QED) is 0.506. The SMILES string of the molecule is CCOc1ccc(C(=O)Nc2cccc(Cl)c2C)cc1COc1ccc(C)cc1. The van der Waals surface area contributed by atoms with Gasteiger partial charge in [0.25, 0.3) is 5.91 Å². The molecule has 0 atom stereocenters. The van der Waals surface area contributed by atoms with Crippen LogP contribution in [0.2, 0.25) is 5.02 Å². The monoisotopic (exact) mass is 409 g/mol. The lowest BCUT2D eigenvalue weighted by Crippen LogP contribution is -2.14. The Hall–Kier alpha value is -2.98. The van der Waals surface area contributed by atoms with Crippen LogP contribution in [0.4, 0.5) is 5.69 Å². The number of rotatable bonds is 7. The molecule has 3 rings (SSSR count). The van der Waals surface area contributed by atoms with Crippen LogP contribution in [0.25, 0.3) is 0 Å². The highest BCUT2D eigenvalue weighted by Gasteiger charge is 2.13. The molecule has 150 valence electrons. The topological polar surface area (TPSA) is 47.6 Å². The lowest BCUT2D eigenvalue weighted by Gasteiger charge is -2.14. The third kappa shape index (κ3) is 5.30. The highest BCUT2D eigenvalue weighted by Crippen LogP contribution is 2.26. The minimum Gasteiger partial charge on any atom is -0.493 e. The minimum absolute atomic E-state index is 0.213. The summed E-state index contributed by atoms with van der Waals surface area (Å²) < 4.78 is 11.6. The summed E-state index contributed by atoms with van der Waals surface area (Å²) in [6, 6.07) is 18.6. The lowest BCUT2D eigenvalue weighted by molar-refractivity contribution is 0.102. The van der Waals surface area contributed by atoms with Gasteiger partial charge in [0, 0.05) is 21.8 Å². The first-order chi connectivity index (χ1) is 14.0. The summed E-state index contributed by atoms with van der Waals surface area (Å²) in [6.45, 7) is 6.66. The fourth-order valence-electron chi connectivity index (χ4n) is 2.86. The van der Waals surface area contributed by atoms with E-state index in [0.717, 1.165) is 16.9 Å². The summed E-state index contributed by atoms with van der Waals surface area (Å²) in [5, 5.41) is 3.53. The maximum absolute atomic E-state index is 12.8. The van der Waals surface area contributed by atoms with Gasteiger partial charge in [0.1, 0.15) is 18.1 Å². The molecule has 5 heteroatoms. The largest absolute Gasteiger partial charge is 0.493 e. The highest BCUT2D eigenvalue weighted by atomic mass is 35.5. The number of aryl methyl sites for hydroxylation is 1. The van der Waals surface area contributed by atoms with Crippen molar-refractivity contribution in [3.63, 3.8) is 0 Å². The second kappa shape index (κ2) is 9.48. The van der Waals surface area contributed by atoms with E-state index in [-0.39, 0.29) is 5.91 Å². The van der Waals surface area contributed by atoms with Gasteiger partial charge < -0.3 is 14.8 Å². The van der Waals surface area contributed by atoms with Crippen LogP contribution in [0, 0.1) is 13.8 Å². The van der Waals surface area contributed by atoms with Gasteiger partial charge in [-0.25, -0.2) is 0 Å². The number of carbonyl (C=O) groups excluding carboxylic acids is 1. The normalized spacial score (nSPS) is 10.5. The second-order valence-corrected chi connectivity index (χ2v) is 7.13. The molecule has 0 heterocycles. The van der Waals surface area contributed by atoms with Crippen LogP contribution in [0.5, 0.6) is 11.5 Å². The first-order valence-electron chi connectivity index (χ1n) is 9.49. The van der Waals surface area contributed by atoms with Gasteiger partial charge in [-0.1, -0.05) is 35.4 Å². The predicted octanol–water partition coefficient (Wildman–Crippen LogP) is 6.19. The molecular weight excluding hydrogens is 386 g/mol. The molecular formula is C24H24ClNO3. The minimum atomic E-state index is -0.213.